The number of carbonyl (C=O) groups is 4. The lowest BCUT2D eigenvalue weighted by atomic mass is 9.62. The van der Waals surface area contributed by atoms with Gasteiger partial charge in [-0.05, 0) is 52.9 Å². The molecule has 0 atom stereocenters. The summed E-state index contributed by atoms with van der Waals surface area (Å²) in [6, 6.07) is 23.9. The fourth-order valence-electron chi connectivity index (χ4n) is 5.01. The number of hydrogen-bond acceptors (Lipinski definition) is 4. The van der Waals surface area contributed by atoms with E-state index in [1.807, 2.05) is 0 Å². The van der Waals surface area contributed by atoms with Crippen molar-refractivity contribution in [2.75, 3.05) is 0 Å². The largest absolute Gasteiger partial charge is 0.478 e. The van der Waals surface area contributed by atoms with Gasteiger partial charge in [0.25, 0.3) is 0 Å². The van der Waals surface area contributed by atoms with Gasteiger partial charge in [-0.1, -0.05) is 72.8 Å². The number of benzene rings is 4. The molecule has 8 heteroatoms. The lowest BCUT2D eigenvalue weighted by Gasteiger charge is -2.39. The maximum Gasteiger partial charge on any atom is 0.336 e. The second kappa shape index (κ2) is 10.4. The second-order valence-electron chi connectivity index (χ2n) is 8.60. The first-order chi connectivity index (χ1) is 18.2. The maximum absolute atomic E-state index is 12.5. The van der Waals surface area contributed by atoms with E-state index in [-0.39, 0.29) is 50.9 Å². The molecule has 0 bridgehead atoms. The highest BCUT2D eigenvalue weighted by Crippen LogP contribution is 2.46. The molecular formula is C30H22O8. The van der Waals surface area contributed by atoms with Crippen LogP contribution >= 0.6 is 0 Å². The van der Waals surface area contributed by atoms with Crippen molar-refractivity contribution in [3.05, 3.63) is 142 Å². The monoisotopic (exact) mass is 510 g/mol. The first kappa shape index (κ1) is 25.8. The van der Waals surface area contributed by atoms with Crippen molar-refractivity contribution in [2.45, 2.75) is 11.8 Å². The molecule has 0 aliphatic carbocycles. The fraction of sp³-hybridized carbons (Fsp3) is 0.0667. The summed E-state index contributed by atoms with van der Waals surface area (Å²) in [7, 11) is 0. The van der Waals surface area contributed by atoms with Gasteiger partial charge in [0.2, 0.25) is 0 Å². The second-order valence-corrected chi connectivity index (χ2v) is 8.60. The van der Waals surface area contributed by atoms with Crippen LogP contribution in [0, 0.1) is 0 Å². The molecule has 0 heterocycles. The molecule has 0 unspecified atom stereocenters. The number of hydrogen-bond donors (Lipinski definition) is 4. The smallest absolute Gasteiger partial charge is 0.336 e. The van der Waals surface area contributed by atoms with Crippen LogP contribution in [-0.4, -0.2) is 44.3 Å². The van der Waals surface area contributed by atoms with Crippen molar-refractivity contribution in [1.82, 2.24) is 0 Å². The predicted molar refractivity (Wildman–Crippen MR) is 137 cm³/mol. The van der Waals surface area contributed by atoms with Crippen LogP contribution in [0.25, 0.3) is 0 Å². The van der Waals surface area contributed by atoms with Gasteiger partial charge in [0, 0.05) is 0 Å². The summed E-state index contributed by atoms with van der Waals surface area (Å²) in [5, 5.41) is 40.4. The van der Waals surface area contributed by atoms with Gasteiger partial charge in [0.1, 0.15) is 0 Å². The molecule has 0 amide bonds. The first-order valence-electron chi connectivity index (χ1n) is 11.5. The van der Waals surface area contributed by atoms with Crippen LogP contribution in [-0.2, 0) is 11.8 Å². The molecule has 0 radical (unpaired) electrons. The average molecular weight is 510 g/mol. The first-order valence-corrected chi connectivity index (χ1v) is 11.5. The van der Waals surface area contributed by atoms with Gasteiger partial charge >= 0.3 is 23.9 Å². The zero-order valence-electron chi connectivity index (χ0n) is 19.9. The summed E-state index contributed by atoms with van der Waals surface area (Å²) in [6.45, 7) is 0. The summed E-state index contributed by atoms with van der Waals surface area (Å²) < 4.78 is 0. The molecule has 4 rings (SSSR count). The SMILES string of the molecule is O=C(O)c1ccccc1CC(c1ccccc1C(=O)O)(c1ccccc1C(=O)O)c1ccccc1C(=O)O. The van der Waals surface area contributed by atoms with Crippen molar-refractivity contribution < 1.29 is 39.6 Å². The molecule has 0 aromatic heterocycles. The van der Waals surface area contributed by atoms with Crippen molar-refractivity contribution in [2.24, 2.45) is 0 Å². The van der Waals surface area contributed by atoms with E-state index in [0.717, 1.165) is 0 Å². The molecule has 8 nitrogen and oxygen atoms in total. The van der Waals surface area contributed by atoms with Gasteiger partial charge in [0.15, 0.2) is 0 Å². The van der Waals surface area contributed by atoms with Gasteiger partial charge in [0.05, 0.1) is 27.7 Å². The summed E-state index contributed by atoms with van der Waals surface area (Å²) in [5.41, 5.74) is -1.72. The minimum Gasteiger partial charge on any atom is -0.478 e. The molecule has 0 spiro atoms. The highest BCUT2D eigenvalue weighted by molar-refractivity contribution is 5.96. The summed E-state index contributed by atoms with van der Waals surface area (Å²) in [6.07, 6.45) is -0.242. The topological polar surface area (TPSA) is 149 Å². The van der Waals surface area contributed by atoms with Gasteiger partial charge in [-0.25, -0.2) is 19.2 Å². The summed E-state index contributed by atoms with van der Waals surface area (Å²) >= 11 is 0. The van der Waals surface area contributed by atoms with E-state index in [9.17, 15) is 39.6 Å². The third-order valence-corrected chi connectivity index (χ3v) is 6.56. The van der Waals surface area contributed by atoms with E-state index in [0.29, 0.717) is 0 Å². The normalized spacial score (nSPS) is 11.1. The fourth-order valence-corrected chi connectivity index (χ4v) is 5.01. The minimum atomic E-state index is -1.73. The van der Waals surface area contributed by atoms with Crippen molar-refractivity contribution >= 4 is 23.9 Å². The molecule has 4 aromatic rings. The van der Waals surface area contributed by atoms with E-state index in [4.69, 9.17) is 0 Å². The van der Waals surface area contributed by atoms with E-state index in [2.05, 4.69) is 0 Å². The van der Waals surface area contributed by atoms with Gasteiger partial charge in [-0.2, -0.15) is 0 Å². The Morgan fingerprint density at radius 2 is 0.737 bits per heavy atom. The molecule has 0 aliphatic heterocycles. The zero-order valence-corrected chi connectivity index (χ0v) is 19.9. The molecule has 190 valence electrons. The Labute approximate surface area is 217 Å². The molecule has 38 heavy (non-hydrogen) atoms. The maximum atomic E-state index is 12.5. The lowest BCUT2D eigenvalue weighted by molar-refractivity contribution is 0.0680. The van der Waals surface area contributed by atoms with E-state index >= 15 is 0 Å². The van der Waals surface area contributed by atoms with Crippen LogP contribution in [0.4, 0.5) is 0 Å². The minimum absolute atomic E-state index is 0.0784. The van der Waals surface area contributed by atoms with Crippen LogP contribution < -0.4 is 0 Å². The Kier molecular flexibility index (Phi) is 7.07. The Bertz CT molecular complexity index is 1430. The van der Waals surface area contributed by atoms with Gasteiger partial charge < -0.3 is 20.4 Å². The number of carboxylic acid groups (broad SMARTS) is 4. The van der Waals surface area contributed by atoms with Crippen LogP contribution in [0.1, 0.15) is 63.7 Å². The lowest BCUT2D eigenvalue weighted by Crippen LogP contribution is -2.37. The van der Waals surface area contributed by atoms with Crippen LogP contribution in [0.15, 0.2) is 97.1 Å². The van der Waals surface area contributed by atoms with Crippen molar-refractivity contribution in [3.8, 4) is 0 Å². The molecule has 4 aromatic carbocycles. The zero-order chi connectivity index (χ0) is 27.4. The highest BCUT2D eigenvalue weighted by atomic mass is 16.4. The molecule has 4 N–H and O–H groups in total. The van der Waals surface area contributed by atoms with Crippen molar-refractivity contribution in [1.29, 1.82) is 0 Å². The van der Waals surface area contributed by atoms with Gasteiger partial charge in [-0.3, -0.25) is 0 Å². The molecule has 0 fully saturated rings. The van der Waals surface area contributed by atoms with E-state index in [1.54, 1.807) is 30.3 Å². The van der Waals surface area contributed by atoms with E-state index in [1.165, 1.54) is 66.7 Å². The Balaban J connectivity index is 2.28. The predicted octanol–water partition coefficient (Wildman–Crippen LogP) is 5.06. The number of carboxylic acids is 4. The number of aromatic carboxylic acids is 4. The molecule has 0 aliphatic rings. The van der Waals surface area contributed by atoms with E-state index < -0.39 is 29.3 Å². The Morgan fingerprint density at radius 3 is 1.08 bits per heavy atom. The van der Waals surface area contributed by atoms with Gasteiger partial charge in [-0.15, -0.1) is 0 Å². The van der Waals surface area contributed by atoms with Crippen LogP contribution in [0.3, 0.4) is 0 Å². The highest BCUT2D eigenvalue weighted by Gasteiger charge is 2.44. The van der Waals surface area contributed by atoms with Crippen LogP contribution in [0.2, 0.25) is 0 Å². The third-order valence-electron chi connectivity index (χ3n) is 6.56. The third kappa shape index (κ3) is 4.51. The Hall–Kier alpha value is -5.24. The molecule has 0 saturated heterocycles. The molecular weight excluding hydrogens is 488 g/mol. The van der Waals surface area contributed by atoms with Crippen LogP contribution in [0.5, 0.6) is 0 Å². The van der Waals surface area contributed by atoms with Crippen molar-refractivity contribution in [3.63, 3.8) is 0 Å². The standard InChI is InChI=1S/C30H22O8/c31-26(32)19-10-2-1-9-18(19)17-30(23-14-6-3-11-20(23)27(33)34,24-15-7-4-12-21(24)28(35)36)25-16-8-5-13-22(25)29(37)38/h1-16H,17H2,(H,31,32)(H,33,34)(H,35,36)(H,37,38). The summed E-state index contributed by atoms with van der Waals surface area (Å²) in [4.78, 5) is 49.6. The quantitative estimate of drug-likeness (QED) is 0.228. The average Bonchev–Trinajstić information content (AvgIpc) is 2.92. The Morgan fingerprint density at radius 1 is 0.447 bits per heavy atom. The summed E-state index contributed by atoms with van der Waals surface area (Å²) in [5.74, 6) is -5.16. The molecule has 0 saturated carbocycles. The number of rotatable bonds is 9.